The van der Waals surface area contributed by atoms with Crippen molar-refractivity contribution in [3.8, 4) is 11.5 Å². The molecule has 1 saturated carbocycles. The predicted molar refractivity (Wildman–Crippen MR) is 102 cm³/mol. The number of hydrogen-bond acceptors (Lipinski definition) is 4. The van der Waals surface area contributed by atoms with Crippen LogP contribution in [0.5, 0.6) is 11.5 Å². The third-order valence-electron chi connectivity index (χ3n) is 5.74. The number of para-hydroxylation sites is 1. The summed E-state index contributed by atoms with van der Waals surface area (Å²) in [6.07, 6.45) is 3.58. The molecule has 0 bridgehead atoms. The molecular weight excluding hydrogens is 326 g/mol. The molecule has 26 heavy (non-hydrogen) atoms. The molecule has 4 rings (SSSR count). The van der Waals surface area contributed by atoms with Gasteiger partial charge < -0.3 is 14.4 Å². The first kappa shape index (κ1) is 17.0. The fourth-order valence-electron chi connectivity index (χ4n) is 4.50. The zero-order chi connectivity index (χ0) is 18.1. The van der Waals surface area contributed by atoms with Gasteiger partial charge in [0.15, 0.2) is 11.5 Å². The molecule has 2 atom stereocenters. The Morgan fingerprint density at radius 2 is 1.73 bits per heavy atom. The zero-order valence-corrected chi connectivity index (χ0v) is 15.4. The number of rotatable bonds is 4. The van der Waals surface area contributed by atoms with Crippen molar-refractivity contribution in [2.45, 2.75) is 31.7 Å². The maximum Gasteiger partial charge on any atom is 0.161 e. The van der Waals surface area contributed by atoms with Gasteiger partial charge in [0.2, 0.25) is 0 Å². The molecule has 0 saturated heterocycles. The molecule has 1 aliphatic heterocycles. The average molecular weight is 351 g/mol. The normalized spacial score (nSPS) is 22.2. The summed E-state index contributed by atoms with van der Waals surface area (Å²) in [4.78, 5) is 15.1. The van der Waals surface area contributed by atoms with Crippen LogP contribution in [0.4, 0.5) is 5.69 Å². The van der Waals surface area contributed by atoms with Gasteiger partial charge in [-0.05, 0) is 54.7 Å². The molecule has 4 nitrogen and oxygen atoms in total. The van der Waals surface area contributed by atoms with Crippen LogP contribution in [-0.4, -0.2) is 26.5 Å². The highest BCUT2D eigenvalue weighted by Crippen LogP contribution is 2.46. The number of ketones is 1. The number of methoxy groups -OCH3 is 2. The molecule has 0 unspecified atom stereocenters. The Morgan fingerprint density at radius 1 is 1.00 bits per heavy atom. The van der Waals surface area contributed by atoms with Crippen molar-refractivity contribution in [3.63, 3.8) is 0 Å². The van der Waals surface area contributed by atoms with E-state index >= 15 is 0 Å². The average Bonchev–Trinajstić information content (AvgIpc) is 3.12. The summed E-state index contributed by atoms with van der Waals surface area (Å²) >= 11 is 0. The molecular formula is C22H25NO3. The summed E-state index contributed by atoms with van der Waals surface area (Å²) in [5.74, 6) is 1.93. The monoisotopic (exact) mass is 351 g/mol. The van der Waals surface area contributed by atoms with Crippen molar-refractivity contribution in [2.75, 3.05) is 25.7 Å². The lowest BCUT2D eigenvalue weighted by Crippen LogP contribution is -2.40. The molecule has 0 N–H and O–H groups in total. The van der Waals surface area contributed by atoms with E-state index in [4.69, 9.17) is 9.47 Å². The van der Waals surface area contributed by atoms with E-state index in [9.17, 15) is 4.79 Å². The predicted octanol–water partition coefficient (Wildman–Crippen LogP) is 4.18. The second-order valence-electron chi connectivity index (χ2n) is 7.09. The highest BCUT2D eigenvalue weighted by atomic mass is 16.5. The highest BCUT2D eigenvalue weighted by molar-refractivity contribution is 5.84. The number of carbonyl (C=O) groups is 1. The van der Waals surface area contributed by atoms with Crippen molar-refractivity contribution < 1.29 is 14.3 Å². The van der Waals surface area contributed by atoms with E-state index in [1.54, 1.807) is 14.2 Å². The maximum absolute atomic E-state index is 12.7. The van der Waals surface area contributed by atoms with E-state index in [0.29, 0.717) is 12.2 Å². The summed E-state index contributed by atoms with van der Waals surface area (Å²) in [7, 11) is 3.33. The molecule has 0 spiro atoms. The summed E-state index contributed by atoms with van der Waals surface area (Å²) in [6, 6.07) is 14.7. The minimum Gasteiger partial charge on any atom is -0.493 e. The van der Waals surface area contributed by atoms with Crippen LogP contribution < -0.4 is 14.4 Å². The van der Waals surface area contributed by atoms with Crippen molar-refractivity contribution in [1.82, 2.24) is 0 Å². The molecule has 2 aliphatic rings. The van der Waals surface area contributed by atoms with Crippen molar-refractivity contribution >= 4 is 11.5 Å². The van der Waals surface area contributed by atoms with E-state index in [0.717, 1.165) is 37.3 Å². The summed E-state index contributed by atoms with van der Waals surface area (Å²) < 4.78 is 11.0. The molecule has 2 aromatic carbocycles. The van der Waals surface area contributed by atoms with Crippen LogP contribution >= 0.6 is 0 Å². The quantitative estimate of drug-likeness (QED) is 0.828. The van der Waals surface area contributed by atoms with Crippen molar-refractivity contribution in [2.24, 2.45) is 5.92 Å². The number of carbonyl (C=O) groups excluding carboxylic acids is 1. The molecule has 4 heteroatoms. The lowest BCUT2D eigenvalue weighted by Gasteiger charge is -2.42. The first-order valence-electron chi connectivity index (χ1n) is 9.32. The second kappa shape index (κ2) is 7.02. The maximum atomic E-state index is 12.7. The fourth-order valence-corrected chi connectivity index (χ4v) is 4.50. The Bertz CT molecular complexity index is 803. The molecule has 0 radical (unpaired) electrons. The zero-order valence-electron chi connectivity index (χ0n) is 15.4. The number of benzene rings is 2. The third kappa shape index (κ3) is 2.83. The highest BCUT2D eigenvalue weighted by Gasteiger charge is 2.40. The van der Waals surface area contributed by atoms with E-state index in [-0.39, 0.29) is 12.0 Å². The molecule has 0 amide bonds. The van der Waals surface area contributed by atoms with Gasteiger partial charge in [-0.1, -0.05) is 18.2 Å². The topological polar surface area (TPSA) is 38.8 Å². The van der Waals surface area contributed by atoms with E-state index < -0.39 is 0 Å². The molecule has 1 heterocycles. The first-order chi connectivity index (χ1) is 12.7. The molecule has 1 fully saturated rings. The van der Waals surface area contributed by atoms with Gasteiger partial charge in [0.1, 0.15) is 5.78 Å². The second-order valence-corrected chi connectivity index (χ2v) is 7.09. The Morgan fingerprint density at radius 3 is 2.38 bits per heavy atom. The minimum absolute atomic E-state index is 0.0485. The summed E-state index contributed by atoms with van der Waals surface area (Å²) in [5.41, 5.74) is 3.65. The van der Waals surface area contributed by atoms with Crippen LogP contribution in [0.3, 0.4) is 0 Å². The number of nitrogens with zero attached hydrogens (tertiary/aromatic N) is 1. The van der Waals surface area contributed by atoms with Crippen molar-refractivity contribution in [3.05, 3.63) is 53.6 Å². The Hall–Kier alpha value is -2.49. The summed E-state index contributed by atoms with van der Waals surface area (Å²) in [5, 5.41) is 0. The Labute approximate surface area is 154 Å². The number of Topliss-reactive ketones (excluding diaryl/α,β-unsaturated/α-hetero) is 1. The fraction of sp³-hybridized carbons (Fsp3) is 0.409. The van der Waals surface area contributed by atoms with Gasteiger partial charge in [0.25, 0.3) is 0 Å². The molecule has 1 aliphatic carbocycles. The van der Waals surface area contributed by atoms with Gasteiger partial charge in [0, 0.05) is 24.6 Å². The van der Waals surface area contributed by atoms with Crippen LogP contribution in [0.15, 0.2) is 42.5 Å². The lowest BCUT2D eigenvalue weighted by atomic mass is 9.82. The van der Waals surface area contributed by atoms with E-state index in [1.807, 2.05) is 6.07 Å². The number of hydrogen-bond donors (Lipinski definition) is 0. The minimum atomic E-state index is 0.0485. The number of anilines is 1. The van der Waals surface area contributed by atoms with Gasteiger partial charge in [-0.3, -0.25) is 4.79 Å². The number of ether oxygens (including phenoxy) is 2. The smallest absolute Gasteiger partial charge is 0.161 e. The van der Waals surface area contributed by atoms with Gasteiger partial charge in [0.05, 0.1) is 20.3 Å². The lowest BCUT2D eigenvalue weighted by molar-refractivity contribution is -0.121. The van der Waals surface area contributed by atoms with Gasteiger partial charge >= 0.3 is 0 Å². The van der Waals surface area contributed by atoms with Crippen LogP contribution in [-0.2, 0) is 11.2 Å². The largest absolute Gasteiger partial charge is 0.493 e. The first-order valence-corrected chi connectivity index (χ1v) is 9.32. The standard InChI is InChI=1S/C22H25NO3/c1-25-20-13-15-11-12-23(16-7-4-3-5-8-16)22(17-9-6-10-19(17)24)18(15)14-21(20)26-2/h3-5,7-8,13-14,17,22H,6,9-12H2,1-2H3/t17-,22+/m1/s1. The molecule has 136 valence electrons. The molecule has 0 aromatic heterocycles. The van der Waals surface area contributed by atoms with Gasteiger partial charge in [-0.25, -0.2) is 0 Å². The van der Waals surface area contributed by atoms with Crippen LogP contribution in [0, 0.1) is 5.92 Å². The van der Waals surface area contributed by atoms with Crippen LogP contribution in [0.2, 0.25) is 0 Å². The SMILES string of the molecule is COc1cc2c(cc1OC)[C@H]([C@@H]1CCCC1=O)N(c1ccccc1)CC2. The van der Waals surface area contributed by atoms with Crippen molar-refractivity contribution in [1.29, 1.82) is 0 Å². The summed E-state index contributed by atoms with van der Waals surface area (Å²) in [6.45, 7) is 0.904. The number of fused-ring (bicyclic) bond motifs is 1. The van der Waals surface area contributed by atoms with Gasteiger partial charge in [-0.15, -0.1) is 0 Å². The van der Waals surface area contributed by atoms with Gasteiger partial charge in [-0.2, -0.15) is 0 Å². The van der Waals surface area contributed by atoms with E-state index in [2.05, 4.69) is 41.3 Å². The van der Waals surface area contributed by atoms with Crippen LogP contribution in [0.25, 0.3) is 0 Å². The Kier molecular flexibility index (Phi) is 4.58. The third-order valence-corrected chi connectivity index (χ3v) is 5.74. The Balaban J connectivity index is 1.84. The van der Waals surface area contributed by atoms with E-state index in [1.165, 1.54) is 16.8 Å². The molecule has 2 aromatic rings. The van der Waals surface area contributed by atoms with Crippen LogP contribution in [0.1, 0.15) is 36.4 Å².